The smallest absolute Gasteiger partial charge is 0.337 e. The molecule has 0 spiro atoms. The Bertz CT molecular complexity index is 767. The molecule has 1 aliphatic rings. The molecule has 0 aliphatic carbocycles. The van der Waals surface area contributed by atoms with E-state index < -0.39 is 11.8 Å². The predicted molar refractivity (Wildman–Crippen MR) is 89.1 cm³/mol. The van der Waals surface area contributed by atoms with E-state index in [4.69, 9.17) is 37.4 Å². The SMILES string of the molecule is COc1ccc(C2(c3ccc(Cl)c(Cl)c3C(=O)O)OCCO2)cc1. The molecule has 7 heteroatoms. The second kappa shape index (κ2) is 6.61. The van der Waals surface area contributed by atoms with E-state index in [1.54, 1.807) is 37.4 Å². The molecule has 126 valence electrons. The Morgan fingerprint density at radius 1 is 1.12 bits per heavy atom. The van der Waals surface area contributed by atoms with Crippen LogP contribution in [0.2, 0.25) is 10.0 Å². The zero-order valence-electron chi connectivity index (χ0n) is 12.7. The number of carboxylic acid groups (broad SMARTS) is 1. The van der Waals surface area contributed by atoms with Crippen molar-refractivity contribution in [1.82, 2.24) is 0 Å². The van der Waals surface area contributed by atoms with Gasteiger partial charge in [0.05, 0.1) is 35.9 Å². The van der Waals surface area contributed by atoms with Crippen molar-refractivity contribution in [3.63, 3.8) is 0 Å². The van der Waals surface area contributed by atoms with Crippen LogP contribution in [0.3, 0.4) is 0 Å². The normalized spacial score (nSPS) is 16.1. The lowest BCUT2D eigenvalue weighted by atomic mass is 9.92. The molecule has 0 saturated carbocycles. The van der Waals surface area contributed by atoms with Crippen molar-refractivity contribution in [2.24, 2.45) is 0 Å². The first-order chi connectivity index (χ1) is 11.5. The molecule has 3 rings (SSSR count). The summed E-state index contributed by atoms with van der Waals surface area (Å²) in [4.78, 5) is 11.8. The first-order valence-electron chi connectivity index (χ1n) is 7.14. The van der Waals surface area contributed by atoms with Gasteiger partial charge in [-0.2, -0.15) is 0 Å². The van der Waals surface area contributed by atoms with Gasteiger partial charge in [-0.15, -0.1) is 0 Å². The van der Waals surface area contributed by atoms with E-state index in [2.05, 4.69) is 0 Å². The van der Waals surface area contributed by atoms with Crippen LogP contribution in [0.15, 0.2) is 36.4 Å². The predicted octanol–water partition coefficient (Wildman–Crippen LogP) is 3.95. The fourth-order valence-electron chi connectivity index (χ4n) is 2.73. The number of ether oxygens (including phenoxy) is 3. The summed E-state index contributed by atoms with van der Waals surface area (Å²) < 4.78 is 16.8. The summed E-state index contributed by atoms with van der Waals surface area (Å²) in [6, 6.07) is 10.1. The van der Waals surface area contributed by atoms with Crippen LogP contribution in [0.25, 0.3) is 0 Å². The number of carbonyl (C=O) groups is 1. The molecule has 2 aromatic carbocycles. The van der Waals surface area contributed by atoms with Crippen molar-refractivity contribution < 1.29 is 24.1 Å². The number of benzene rings is 2. The third-order valence-electron chi connectivity index (χ3n) is 3.83. The molecule has 5 nitrogen and oxygen atoms in total. The number of rotatable bonds is 4. The number of hydrogen-bond acceptors (Lipinski definition) is 4. The van der Waals surface area contributed by atoms with Crippen LogP contribution >= 0.6 is 23.2 Å². The van der Waals surface area contributed by atoms with Crippen LogP contribution in [0.4, 0.5) is 0 Å². The van der Waals surface area contributed by atoms with E-state index in [1.165, 1.54) is 6.07 Å². The first-order valence-corrected chi connectivity index (χ1v) is 7.89. The monoisotopic (exact) mass is 368 g/mol. The Balaban J connectivity index is 2.22. The lowest BCUT2D eigenvalue weighted by Crippen LogP contribution is -2.31. The summed E-state index contributed by atoms with van der Waals surface area (Å²) in [5.41, 5.74) is 0.802. The van der Waals surface area contributed by atoms with E-state index in [0.717, 1.165) is 0 Å². The molecular formula is C17H14Cl2O5. The van der Waals surface area contributed by atoms with Crippen LogP contribution in [0.5, 0.6) is 5.75 Å². The van der Waals surface area contributed by atoms with Gasteiger partial charge in [0.25, 0.3) is 0 Å². The summed E-state index contributed by atoms with van der Waals surface area (Å²) >= 11 is 12.1. The fourth-order valence-corrected chi connectivity index (χ4v) is 3.14. The second-order valence-electron chi connectivity index (χ2n) is 5.13. The van der Waals surface area contributed by atoms with Crippen LogP contribution in [0.1, 0.15) is 21.5 Å². The highest BCUT2D eigenvalue weighted by Gasteiger charge is 2.44. The minimum atomic E-state index is -1.35. The van der Waals surface area contributed by atoms with Gasteiger partial charge in [0, 0.05) is 11.1 Å². The number of hydrogen-bond donors (Lipinski definition) is 1. The molecule has 0 radical (unpaired) electrons. The molecule has 0 bridgehead atoms. The van der Waals surface area contributed by atoms with E-state index in [-0.39, 0.29) is 15.6 Å². The summed E-state index contributed by atoms with van der Waals surface area (Å²) in [7, 11) is 1.56. The molecule has 1 N–H and O–H groups in total. The number of halogens is 2. The highest BCUT2D eigenvalue weighted by atomic mass is 35.5. The van der Waals surface area contributed by atoms with Crippen LogP contribution < -0.4 is 4.74 Å². The quantitative estimate of drug-likeness (QED) is 0.884. The highest BCUT2D eigenvalue weighted by molar-refractivity contribution is 6.43. The second-order valence-corrected chi connectivity index (χ2v) is 5.92. The largest absolute Gasteiger partial charge is 0.497 e. The zero-order valence-corrected chi connectivity index (χ0v) is 14.2. The first kappa shape index (κ1) is 17.0. The lowest BCUT2D eigenvalue weighted by molar-refractivity contribution is -0.130. The van der Waals surface area contributed by atoms with Gasteiger partial charge >= 0.3 is 5.97 Å². The molecule has 0 amide bonds. The van der Waals surface area contributed by atoms with Gasteiger partial charge in [0.15, 0.2) is 0 Å². The van der Waals surface area contributed by atoms with E-state index in [1.807, 2.05) is 0 Å². The third kappa shape index (κ3) is 2.74. The molecule has 2 aromatic rings. The minimum Gasteiger partial charge on any atom is -0.497 e. The fraction of sp³-hybridized carbons (Fsp3) is 0.235. The number of carboxylic acids is 1. The molecule has 0 aromatic heterocycles. The zero-order chi connectivity index (χ0) is 17.3. The molecule has 1 heterocycles. The van der Waals surface area contributed by atoms with Gasteiger partial charge < -0.3 is 19.3 Å². The third-order valence-corrected chi connectivity index (χ3v) is 4.63. The average molecular weight is 369 g/mol. The summed E-state index contributed by atoms with van der Waals surface area (Å²) in [5, 5.41) is 9.71. The van der Waals surface area contributed by atoms with Gasteiger partial charge in [-0.1, -0.05) is 29.3 Å². The Morgan fingerprint density at radius 2 is 1.75 bits per heavy atom. The van der Waals surface area contributed by atoms with Crippen LogP contribution in [-0.2, 0) is 15.3 Å². The minimum absolute atomic E-state index is 0.0475. The molecule has 24 heavy (non-hydrogen) atoms. The molecule has 0 unspecified atom stereocenters. The van der Waals surface area contributed by atoms with E-state index in [9.17, 15) is 9.90 Å². The van der Waals surface area contributed by atoms with Crippen molar-refractivity contribution in [1.29, 1.82) is 0 Å². The van der Waals surface area contributed by atoms with Crippen molar-refractivity contribution in [3.05, 3.63) is 63.1 Å². The maximum atomic E-state index is 11.8. The molecule has 1 aliphatic heterocycles. The van der Waals surface area contributed by atoms with E-state index in [0.29, 0.717) is 30.1 Å². The van der Waals surface area contributed by atoms with Gasteiger partial charge in [-0.05, 0) is 30.3 Å². The van der Waals surface area contributed by atoms with Crippen LogP contribution in [-0.4, -0.2) is 31.4 Å². The highest BCUT2D eigenvalue weighted by Crippen LogP contribution is 2.43. The summed E-state index contributed by atoms with van der Waals surface area (Å²) in [6.45, 7) is 0.649. The van der Waals surface area contributed by atoms with Crippen molar-refractivity contribution >= 4 is 29.2 Å². The van der Waals surface area contributed by atoms with Crippen molar-refractivity contribution in [2.75, 3.05) is 20.3 Å². The van der Waals surface area contributed by atoms with Gasteiger partial charge in [0.2, 0.25) is 5.79 Å². The van der Waals surface area contributed by atoms with Gasteiger partial charge in [-0.25, -0.2) is 4.79 Å². The topological polar surface area (TPSA) is 65.0 Å². The Labute approximate surface area is 148 Å². The van der Waals surface area contributed by atoms with Gasteiger partial charge in [-0.3, -0.25) is 0 Å². The molecule has 1 fully saturated rings. The Kier molecular flexibility index (Phi) is 4.69. The summed E-state index contributed by atoms with van der Waals surface area (Å²) in [5.74, 6) is -1.89. The van der Waals surface area contributed by atoms with Crippen LogP contribution in [0, 0.1) is 0 Å². The molecule has 0 atom stereocenters. The van der Waals surface area contributed by atoms with Crippen molar-refractivity contribution in [2.45, 2.75) is 5.79 Å². The maximum Gasteiger partial charge on any atom is 0.337 e. The number of aromatic carboxylic acids is 1. The summed E-state index contributed by atoms with van der Waals surface area (Å²) in [6.07, 6.45) is 0. The Hall–Kier alpha value is -1.79. The molecular weight excluding hydrogens is 355 g/mol. The standard InChI is InChI=1S/C17H14Cl2O5/c1-22-11-4-2-10(3-5-11)17(23-8-9-24-17)12-6-7-13(18)15(19)14(12)16(20)21/h2-7H,8-9H2,1H3,(H,20,21). The average Bonchev–Trinajstić information content (AvgIpc) is 3.07. The number of methoxy groups -OCH3 is 1. The van der Waals surface area contributed by atoms with Gasteiger partial charge in [0.1, 0.15) is 5.75 Å². The maximum absolute atomic E-state index is 11.8. The molecule has 1 saturated heterocycles. The van der Waals surface area contributed by atoms with Crippen molar-refractivity contribution in [3.8, 4) is 5.75 Å². The Morgan fingerprint density at radius 3 is 2.29 bits per heavy atom. The lowest BCUT2D eigenvalue weighted by Gasteiger charge is -2.30. The van der Waals surface area contributed by atoms with E-state index >= 15 is 0 Å².